The highest BCUT2D eigenvalue weighted by atomic mass is 16.2. The van der Waals surface area contributed by atoms with Crippen LogP contribution >= 0.6 is 0 Å². The zero-order chi connectivity index (χ0) is 13.3. The van der Waals surface area contributed by atoms with Crippen molar-refractivity contribution in [3.05, 3.63) is 18.1 Å². The lowest BCUT2D eigenvalue weighted by Crippen LogP contribution is -2.62. The molecule has 6 nitrogen and oxygen atoms in total. The summed E-state index contributed by atoms with van der Waals surface area (Å²) in [7, 11) is 1.82. The first kappa shape index (κ1) is 12.8. The van der Waals surface area contributed by atoms with Crippen molar-refractivity contribution < 1.29 is 4.79 Å². The van der Waals surface area contributed by atoms with Gasteiger partial charge >= 0.3 is 0 Å². The molecule has 1 amide bonds. The minimum Gasteiger partial charge on any atom is -0.342 e. The van der Waals surface area contributed by atoms with Crippen LogP contribution in [0.3, 0.4) is 0 Å². The van der Waals surface area contributed by atoms with Crippen LogP contribution in [0.5, 0.6) is 0 Å². The third kappa shape index (κ3) is 1.92. The Morgan fingerprint density at radius 1 is 1.33 bits per heavy atom. The minimum absolute atomic E-state index is 0.0855. The van der Waals surface area contributed by atoms with Crippen LogP contribution in [0.1, 0.15) is 19.5 Å². The lowest BCUT2D eigenvalue weighted by Gasteiger charge is -2.45. The van der Waals surface area contributed by atoms with Gasteiger partial charge in [-0.25, -0.2) is 4.98 Å². The van der Waals surface area contributed by atoms with Gasteiger partial charge in [0.05, 0.1) is 5.69 Å². The van der Waals surface area contributed by atoms with Crippen molar-refractivity contribution in [1.82, 2.24) is 14.9 Å². The topological polar surface area (TPSA) is 75.3 Å². The van der Waals surface area contributed by atoms with Gasteiger partial charge in [0.1, 0.15) is 5.54 Å². The molecule has 0 unspecified atom stereocenters. The van der Waals surface area contributed by atoms with Crippen LogP contribution in [-0.4, -0.2) is 46.5 Å². The van der Waals surface area contributed by atoms with Gasteiger partial charge in [-0.2, -0.15) is 0 Å². The van der Waals surface area contributed by atoms with E-state index in [1.54, 1.807) is 17.3 Å². The zero-order valence-corrected chi connectivity index (χ0v) is 11.1. The van der Waals surface area contributed by atoms with E-state index >= 15 is 0 Å². The van der Waals surface area contributed by atoms with Gasteiger partial charge in [-0.15, -0.1) is 0 Å². The van der Waals surface area contributed by atoms with Gasteiger partial charge in [-0.1, -0.05) is 0 Å². The highest BCUT2D eigenvalue weighted by Crippen LogP contribution is 2.28. The number of piperazine rings is 1. The number of nitrogens with two attached hydrogens (primary N) is 1. The summed E-state index contributed by atoms with van der Waals surface area (Å²) >= 11 is 0. The second-order valence-electron chi connectivity index (χ2n) is 4.97. The number of hydrogen-bond donors (Lipinski definition) is 1. The predicted molar refractivity (Wildman–Crippen MR) is 69.0 cm³/mol. The van der Waals surface area contributed by atoms with Gasteiger partial charge in [0.2, 0.25) is 5.91 Å². The third-order valence-electron chi connectivity index (χ3n) is 3.40. The number of anilines is 1. The van der Waals surface area contributed by atoms with Crippen molar-refractivity contribution in [2.75, 3.05) is 25.0 Å². The van der Waals surface area contributed by atoms with Crippen LogP contribution in [0.15, 0.2) is 12.4 Å². The fraction of sp³-hybridized carbons (Fsp3) is 0.583. The number of amides is 1. The predicted octanol–water partition coefficient (Wildman–Crippen LogP) is -0.00770. The summed E-state index contributed by atoms with van der Waals surface area (Å²) in [5.74, 6) is 0.800. The van der Waals surface area contributed by atoms with Crippen LogP contribution in [0.25, 0.3) is 0 Å². The molecule has 0 bridgehead atoms. The molecule has 1 fully saturated rings. The maximum atomic E-state index is 12.2. The number of likely N-dealkylation sites (N-methyl/N-ethyl adjacent to an activating group) is 1. The first-order valence-electron chi connectivity index (χ1n) is 6.01. The molecule has 1 aromatic rings. The van der Waals surface area contributed by atoms with Crippen molar-refractivity contribution in [1.29, 1.82) is 0 Å². The summed E-state index contributed by atoms with van der Waals surface area (Å²) < 4.78 is 0. The Bertz CT molecular complexity index is 460. The number of aromatic nitrogens is 2. The second kappa shape index (κ2) is 4.53. The van der Waals surface area contributed by atoms with E-state index in [0.29, 0.717) is 18.9 Å². The van der Waals surface area contributed by atoms with E-state index in [4.69, 9.17) is 5.73 Å². The SMILES string of the molecule is CN1CCN(c2nccnc2CN)C(C)(C)C1=O. The van der Waals surface area contributed by atoms with Crippen LogP contribution in [0, 0.1) is 0 Å². The quantitative estimate of drug-likeness (QED) is 0.798. The van der Waals surface area contributed by atoms with E-state index in [1.165, 1.54) is 0 Å². The van der Waals surface area contributed by atoms with Crippen molar-refractivity contribution in [3.63, 3.8) is 0 Å². The maximum Gasteiger partial charge on any atom is 0.247 e. The Morgan fingerprint density at radius 3 is 2.67 bits per heavy atom. The van der Waals surface area contributed by atoms with E-state index in [2.05, 4.69) is 9.97 Å². The molecule has 98 valence electrons. The average Bonchev–Trinajstić information content (AvgIpc) is 2.36. The fourth-order valence-electron chi connectivity index (χ4n) is 2.31. The van der Waals surface area contributed by atoms with Gasteiger partial charge < -0.3 is 15.5 Å². The number of rotatable bonds is 2. The number of carbonyl (C=O) groups is 1. The van der Waals surface area contributed by atoms with Crippen LogP contribution < -0.4 is 10.6 Å². The molecule has 0 radical (unpaired) electrons. The maximum absolute atomic E-state index is 12.2. The van der Waals surface area contributed by atoms with Crippen molar-refractivity contribution >= 4 is 11.7 Å². The van der Waals surface area contributed by atoms with Crippen molar-refractivity contribution in [3.8, 4) is 0 Å². The lowest BCUT2D eigenvalue weighted by molar-refractivity contribution is -0.136. The Labute approximate surface area is 107 Å². The molecule has 1 aliphatic heterocycles. The molecule has 0 aromatic carbocycles. The molecule has 0 aliphatic carbocycles. The molecule has 6 heteroatoms. The van der Waals surface area contributed by atoms with Gasteiger partial charge in [-0.05, 0) is 13.8 Å². The second-order valence-corrected chi connectivity index (χ2v) is 4.97. The fourth-order valence-corrected chi connectivity index (χ4v) is 2.31. The summed E-state index contributed by atoms with van der Waals surface area (Å²) in [5, 5.41) is 0. The Balaban J connectivity index is 2.41. The largest absolute Gasteiger partial charge is 0.342 e. The molecule has 2 rings (SSSR count). The van der Waals surface area contributed by atoms with Gasteiger partial charge in [0, 0.05) is 39.1 Å². The first-order chi connectivity index (χ1) is 8.48. The molecule has 0 saturated carbocycles. The average molecular weight is 249 g/mol. The molecule has 1 saturated heterocycles. The molecule has 1 aromatic heterocycles. The molecular formula is C12H19N5O. The molecule has 0 spiro atoms. The summed E-state index contributed by atoms with van der Waals surface area (Å²) in [6.45, 7) is 5.55. The van der Waals surface area contributed by atoms with Crippen molar-refractivity contribution in [2.45, 2.75) is 25.9 Å². The summed E-state index contributed by atoms with van der Waals surface area (Å²) in [6.07, 6.45) is 3.25. The van der Waals surface area contributed by atoms with E-state index < -0.39 is 5.54 Å². The molecule has 18 heavy (non-hydrogen) atoms. The van der Waals surface area contributed by atoms with Gasteiger partial charge in [0.25, 0.3) is 0 Å². The van der Waals surface area contributed by atoms with Gasteiger partial charge in [0.15, 0.2) is 5.82 Å². The van der Waals surface area contributed by atoms with Crippen LogP contribution in [0.2, 0.25) is 0 Å². The molecule has 2 N–H and O–H groups in total. The highest BCUT2D eigenvalue weighted by Gasteiger charge is 2.41. The van der Waals surface area contributed by atoms with Crippen LogP contribution in [0.4, 0.5) is 5.82 Å². The normalized spacial score (nSPS) is 19.2. The monoisotopic (exact) mass is 249 g/mol. The van der Waals surface area contributed by atoms with E-state index in [-0.39, 0.29) is 5.91 Å². The summed E-state index contributed by atoms with van der Waals surface area (Å²) in [5.41, 5.74) is 5.79. The van der Waals surface area contributed by atoms with E-state index in [1.807, 2.05) is 25.8 Å². The third-order valence-corrected chi connectivity index (χ3v) is 3.40. The summed E-state index contributed by atoms with van der Waals surface area (Å²) in [6, 6.07) is 0. The lowest BCUT2D eigenvalue weighted by atomic mass is 9.97. The number of nitrogens with zero attached hydrogens (tertiary/aromatic N) is 4. The Hall–Kier alpha value is -1.69. The molecule has 1 aliphatic rings. The molecular weight excluding hydrogens is 230 g/mol. The number of carbonyl (C=O) groups excluding carboxylic acids is 1. The zero-order valence-electron chi connectivity index (χ0n) is 11.1. The van der Waals surface area contributed by atoms with E-state index in [9.17, 15) is 4.79 Å². The smallest absolute Gasteiger partial charge is 0.247 e. The van der Waals surface area contributed by atoms with E-state index in [0.717, 1.165) is 12.2 Å². The molecule has 0 atom stereocenters. The van der Waals surface area contributed by atoms with Crippen molar-refractivity contribution in [2.24, 2.45) is 5.73 Å². The Morgan fingerprint density at radius 2 is 2.00 bits per heavy atom. The van der Waals surface area contributed by atoms with Crippen LogP contribution in [-0.2, 0) is 11.3 Å². The highest BCUT2D eigenvalue weighted by molar-refractivity contribution is 5.90. The number of hydrogen-bond acceptors (Lipinski definition) is 5. The first-order valence-corrected chi connectivity index (χ1v) is 6.01. The minimum atomic E-state index is -0.618. The Kier molecular flexibility index (Phi) is 3.21. The standard InChI is InChI=1S/C12H19N5O/c1-12(2)11(18)16(3)6-7-17(12)10-9(8-13)14-4-5-15-10/h4-5H,6-8,13H2,1-3H3. The molecule has 2 heterocycles. The summed E-state index contributed by atoms with van der Waals surface area (Å²) in [4.78, 5) is 24.5. The van der Waals surface area contributed by atoms with Gasteiger partial charge in [-0.3, -0.25) is 9.78 Å².